The van der Waals surface area contributed by atoms with Gasteiger partial charge in [-0.05, 0) is 124 Å². The fourth-order valence-electron chi connectivity index (χ4n) is 10.2. The highest BCUT2D eigenvalue weighted by molar-refractivity contribution is 15.0. The second-order valence-electron chi connectivity index (χ2n) is 24.3. The number of carbonyl (C=O) groups is 6. The van der Waals surface area contributed by atoms with Crippen LogP contribution in [0.25, 0.3) is 44.4 Å². The van der Waals surface area contributed by atoms with E-state index in [-0.39, 0.29) is 170 Å². The molecule has 4 amide bonds. The van der Waals surface area contributed by atoms with Crippen molar-refractivity contribution in [2.75, 3.05) is 70.9 Å². The number of phenols is 1. The predicted molar refractivity (Wildman–Crippen MR) is 500 cm³/mol. The van der Waals surface area contributed by atoms with E-state index in [1.54, 1.807) is 101 Å². The van der Waals surface area contributed by atoms with E-state index in [1.165, 1.54) is 131 Å². The van der Waals surface area contributed by atoms with Crippen LogP contribution in [0.4, 0.5) is 42.9 Å². The smallest absolute Gasteiger partial charge is 0.315 e. The Balaban J connectivity index is 0.000000324. The number of esters is 2. The maximum Gasteiger partial charge on any atom is 0.315 e. The van der Waals surface area contributed by atoms with Crippen LogP contribution in [-0.2, 0) is 30.2 Å². The number of halogens is 7. The monoisotopic (exact) mass is 2120 g/mol. The lowest BCUT2D eigenvalue weighted by Gasteiger charge is -2.07. The number of hydrogen-bond acceptors (Lipinski definition) is 30. The second kappa shape index (κ2) is 53.0. The number of nitrogens with two attached hydrogens (primary N) is 4. The number of nitro groups is 2. The zero-order valence-corrected chi connectivity index (χ0v) is 76.0. The molecule has 666 valence electrons. The molecule has 0 radical (unpaired) electrons. The number of H-pyrrole nitrogens is 3. The molecule has 0 atom stereocenters. The van der Waals surface area contributed by atoms with Crippen molar-refractivity contribution >= 4 is 194 Å². The molecule has 0 aliphatic carbocycles. The number of nitrogen functional groups attached to an aromatic ring is 4. The summed E-state index contributed by atoms with van der Waals surface area (Å²) < 4.78 is 58.3. The number of nitrogens with zero attached hydrogens (tertiary/aromatic N) is 9. The fraction of sp³-hybridized carbons (Fsp3) is 0.148. The first-order valence-corrected chi connectivity index (χ1v) is 42.9. The van der Waals surface area contributed by atoms with E-state index in [2.05, 4.69) is 108 Å². The van der Waals surface area contributed by atoms with Crippen molar-refractivity contribution in [3.8, 4) is 57.7 Å². The molecule has 7 heterocycles. The third-order valence-corrected chi connectivity index (χ3v) is 16.0. The van der Waals surface area contributed by atoms with Crippen molar-refractivity contribution in [3.05, 3.63) is 264 Å². The summed E-state index contributed by atoms with van der Waals surface area (Å²) in [6.07, 6.45) is 5.89. The van der Waals surface area contributed by atoms with Crippen molar-refractivity contribution < 1.29 is 80.9 Å². The maximum absolute atomic E-state index is 14.4. The molecule has 39 nitrogen and oxygen atoms in total. The van der Waals surface area contributed by atoms with Gasteiger partial charge in [0, 0.05) is 126 Å². The summed E-state index contributed by atoms with van der Waals surface area (Å²) in [6, 6.07) is 40.7. The summed E-state index contributed by atoms with van der Waals surface area (Å²) in [5, 5.41) is 55.8. The number of amides is 4. The fourth-order valence-corrected chi connectivity index (χ4v) is 10.3. The highest BCUT2D eigenvalue weighted by atomic mass is 128. The normalized spacial score (nSPS) is 9.82. The van der Waals surface area contributed by atoms with Crippen LogP contribution in [-0.4, -0.2) is 149 Å². The molecule has 13 rings (SSSR count). The molecule has 0 saturated heterocycles. The van der Waals surface area contributed by atoms with E-state index in [0.29, 0.717) is 81.7 Å². The second-order valence-corrected chi connectivity index (χ2v) is 24.7. The first kappa shape index (κ1) is 105. The Morgan fingerprint density at radius 1 is 0.543 bits per heavy atom. The van der Waals surface area contributed by atoms with Gasteiger partial charge in [-0.15, -0.1) is 36.4 Å². The number of anilines is 4. The van der Waals surface area contributed by atoms with E-state index in [0.717, 1.165) is 17.1 Å². The summed E-state index contributed by atoms with van der Waals surface area (Å²) in [7, 11) is 6.09. The van der Waals surface area contributed by atoms with Gasteiger partial charge in [0.25, 0.3) is 40.6 Å². The number of aromatic nitrogens is 9. The van der Waals surface area contributed by atoms with Crippen molar-refractivity contribution in [2.24, 2.45) is 0 Å². The number of rotatable bonds is 20. The minimum absolute atomic E-state index is 0. The number of pyridine rings is 5. The highest BCUT2D eigenvalue weighted by Gasteiger charge is 2.21. The molecule has 0 fully saturated rings. The van der Waals surface area contributed by atoms with Crippen LogP contribution in [0.5, 0.6) is 40.2 Å². The van der Waals surface area contributed by atoms with Gasteiger partial charge in [-0.2, -0.15) is 5.26 Å². The number of imidazole rings is 2. The first-order valence-electron chi connectivity index (χ1n) is 36.2. The number of nitriles is 1. The minimum Gasteiger partial charge on any atom is -0.508 e. The van der Waals surface area contributed by atoms with Crippen molar-refractivity contribution in [3.63, 3.8) is 0 Å². The van der Waals surface area contributed by atoms with Gasteiger partial charge in [0.05, 0.1) is 86.1 Å². The van der Waals surface area contributed by atoms with E-state index in [1.807, 2.05) is 0 Å². The molecule has 17 N–H and O–H groups in total. The lowest BCUT2D eigenvalue weighted by atomic mass is 10.1. The lowest BCUT2D eigenvalue weighted by molar-refractivity contribution is -0.384. The van der Waals surface area contributed by atoms with Crippen molar-refractivity contribution in [1.29, 1.82) is 10.7 Å². The molecular weight excluding hydrogens is 2040 g/mol. The quantitative estimate of drug-likeness (QED) is 0.00492. The van der Waals surface area contributed by atoms with E-state index < -0.39 is 33.0 Å². The minimum atomic E-state index is -0.644. The van der Waals surface area contributed by atoms with Crippen LogP contribution in [0.1, 0.15) is 80.5 Å². The zero-order chi connectivity index (χ0) is 92.0. The number of aromatic hydroxyl groups is 1. The van der Waals surface area contributed by atoms with Gasteiger partial charge < -0.3 is 92.7 Å². The number of aromatic amines is 3. The Kier molecular flexibility index (Phi) is 43.8. The van der Waals surface area contributed by atoms with E-state index in [9.17, 15) is 62.6 Å². The summed E-state index contributed by atoms with van der Waals surface area (Å²) in [5.41, 5.74) is 25.3. The van der Waals surface area contributed by atoms with E-state index in [4.69, 9.17) is 74.0 Å². The van der Waals surface area contributed by atoms with Gasteiger partial charge in [-0.25, -0.2) is 18.7 Å². The Morgan fingerprint density at radius 3 is 1.43 bits per heavy atom. The Morgan fingerprint density at radius 2 is 0.969 bits per heavy atom. The number of fused-ring (bicyclic) bond motifs is 3. The third kappa shape index (κ3) is 32.1. The molecule has 127 heavy (non-hydrogen) atoms. The Bertz CT molecular complexity index is 6120. The van der Waals surface area contributed by atoms with Crippen LogP contribution in [0.15, 0.2) is 187 Å². The SMILES string of the molecule is CCOC(=N)CC(=O)OCC.CCOC(=O)Cc1nc2ccc(Oc3ccnc(C(=O)NC)c3)cc2[nH]1.CNC(=O)c1cc(Cl)ccn1.CNC(=O)c1cc(Oc2ccc(N)c([N+](=O)[O-])c2)ccn1.CNC(=O)c1cc(Oc2ccc3nc(-c4c(N)c5c(F)cccc5[nH]c4=O)[nH]c3c2)ccn1.Cl.I.II.N#Cc1c(N)cccc1F.Nc1ccc(O)cc1[N+](=O)[O-]. The number of carbonyl (C=O) groups excluding carboxylic acids is 6. The molecule has 0 unspecified atom stereocenters. The van der Waals surface area contributed by atoms with Gasteiger partial charge in [0.2, 0.25) is 0 Å². The molecular formula is C81H80Cl2F2I3N21O18. The van der Waals surface area contributed by atoms with Crippen molar-refractivity contribution in [2.45, 2.75) is 33.6 Å². The molecule has 13 aromatic rings. The van der Waals surface area contributed by atoms with Crippen LogP contribution in [0.3, 0.4) is 0 Å². The standard InChI is InChI=1S/C23H17FN6O3.C18H18N4O4.C13H12N4O4.C7H7ClN2O.C7H5FN2.C7H13NO3.C6H6N2O3.ClH.I2.HI/c1-26-22(31)17-10-12(7-8-27-17)33-11-5-6-14-16(9-11)29-21(28-14)19-20(25)18-13(24)3-2-4-15(18)30-23(19)32;1-3-25-17(23)10-16-21-13-5-4-11(8-14(13)22-16)26-12-6-7-20-15(9-12)18(24)19-2;1-15-13(18)11-6-9(4-5-16-11)21-8-2-3-10(14)12(7-8)17(19)20;1-9-7(11)6-4-5(8)2-3-10-6;8-6-2-1-3-7(10)5(6)4-9;1-3-10-6(8)5-7(9)11-4-2;7-5-2-1-4(9)3-6(5)8(10)11;;1-2;/h2-10H,1H3,(H,26,31)(H,28,29)(H3,25,30,32);4-9H,3,10H2,1-2H3,(H,19,24)(H,21,22);2-7H,14H2,1H3,(H,15,18);2-4H,1H3,(H,9,11);1-3H,10H2;8H,3-5H2,1-2H3;1-3,9H,7H2;1H;;1H. The average Bonchev–Trinajstić information content (AvgIpc) is 1.69. The summed E-state index contributed by atoms with van der Waals surface area (Å²) in [6.45, 7) is 6.34. The largest absolute Gasteiger partial charge is 0.508 e. The number of phenolic OH excluding ortho intramolecular Hbond substituents is 1. The zero-order valence-electron chi connectivity index (χ0n) is 67.8. The number of ether oxygens (including phenoxy) is 6. The van der Waals surface area contributed by atoms with Gasteiger partial charge >= 0.3 is 11.9 Å². The molecule has 0 spiro atoms. The molecule has 0 bridgehead atoms. The Labute approximate surface area is 771 Å². The summed E-state index contributed by atoms with van der Waals surface area (Å²) in [4.78, 5) is 134. The van der Waals surface area contributed by atoms with Crippen LogP contribution < -0.4 is 64.0 Å². The Hall–Kier alpha value is -14.3. The molecule has 6 aromatic carbocycles. The summed E-state index contributed by atoms with van der Waals surface area (Å²) in [5.74, 6) is 0.0114. The predicted octanol–water partition coefficient (Wildman–Crippen LogP) is 14.3. The van der Waals surface area contributed by atoms with E-state index >= 15 is 0 Å². The highest BCUT2D eigenvalue weighted by Crippen LogP contribution is 2.34. The van der Waals surface area contributed by atoms with Crippen LogP contribution >= 0.6 is 85.2 Å². The van der Waals surface area contributed by atoms with Crippen LogP contribution in [0, 0.1) is 48.6 Å². The molecule has 0 aliphatic rings. The molecule has 0 saturated carbocycles. The third-order valence-electron chi connectivity index (χ3n) is 15.8. The van der Waals surface area contributed by atoms with Gasteiger partial charge in [0.15, 0.2) is 5.90 Å². The van der Waals surface area contributed by atoms with Gasteiger partial charge in [-0.1, -0.05) is 23.7 Å². The van der Waals surface area contributed by atoms with Crippen LogP contribution in [0.2, 0.25) is 5.02 Å². The molecule has 46 heteroatoms. The maximum atomic E-state index is 14.4. The molecule has 0 aliphatic heterocycles. The number of nitrogens with one attached hydrogen (secondary N) is 8. The molecule has 7 aromatic heterocycles. The number of hydrogen-bond donors (Lipinski definition) is 13. The van der Waals surface area contributed by atoms with Gasteiger partial charge in [0.1, 0.15) is 128 Å². The number of benzene rings is 6. The lowest BCUT2D eigenvalue weighted by Crippen LogP contribution is -2.18. The number of nitro benzene ring substituents is 2. The van der Waals surface area contributed by atoms with Crippen molar-refractivity contribution in [1.82, 2.24) is 66.1 Å². The van der Waals surface area contributed by atoms with Gasteiger partial charge in [-0.3, -0.25) is 79.1 Å². The average molecular weight is 2130 g/mol. The topological polar surface area (TPSA) is 606 Å². The first-order chi connectivity index (χ1) is 59.8. The summed E-state index contributed by atoms with van der Waals surface area (Å²) >= 11 is 9.87.